The number of ether oxygens (including phenoxy) is 1. The second-order valence-corrected chi connectivity index (χ2v) is 3.37. The fraction of sp³-hybridized carbons (Fsp3) is 0.100. The first-order valence-electron chi connectivity index (χ1n) is 4.92. The summed E-state index contributed by atoms with van der Waals surface area (Å²) >= 11 is 0. The van der Waals surface area contributed by atoms with Gasteiger partial charge >= 0.3 is 13.5 Å². The largest absolute Gasteiger partial charge is 0.573 e. The van der Waals surface area contributed by atoms with Crippen molar-refractivity contribution in [1.82, 2.24) is 0 Å². The molecule has 102 valence electrons. The lowest BCUT2D eigenvalue weighted by Crippen LogP contribution is -2.30. The predicted molar refractivity (Wildman–Crippen MR) is 61.8 cm³/mol. The maximum Gasteiger partial charge on any atom is 0.573 e. The summed E-state index contributed by atoms with van der Waals surface area (Å²) in [6, 6.07) is 2.84. The molecule has 0 unspecified atom stereocenters. The summed E-state index contributed by atoms with van der Waals surface area (Å²) < 4.78 is 40.1. The fourth-order valence-electron chi connectivity index (χ4n) is 1.20. The van der Waals surface area contributed by atoms with E-state index in [1.165, 1.54) is 0 Å². The van der Waals surface area contributed by atoms with Crippen molar-refractivity contribution in [2.45, 2.75) is 6.36 Å². The Morgan fingerprint density at radius 2 is 2.05 bits per heavy atom. The second-order valence-electron chi connectivity index (χ2n) is 3.37. The molecule has 5 nitrogen and oxygen atoms in total. The molecule has 0 atom stereocenters. The summed E-state index contributed by atoms with van der Waals surface area (Å²) in [4.78, 5) is 11.1. The van der Waals surface area contributed by atoms with Crippen molar-refractivity contribution in [3.8, 4) is 5.75 Å². The average molecular weight is 275 g/mol. The molecule has 19 heavy (non-hydrogen) atoms. The summed E-state index contributed by atoms with van der Waals surface area (Å²) in [7, 11) is -1.89. The summed E-state index contributed by atoms with van der Waals surface area (Å²) in [6.07, 6.45) is -4.09. The lowest BCUT2D eigenvalue weighted by molar-refractivity contribution is -0.274. The Morgan fingerprint density at radius 3 is 2.53 bits per heavy atom. The molecule has 0 radical (unpaired) electrons. The van der Waals surface area contributed by atoms with E-state index in [4.69, 9.17) is 10.0 Å². The first-order chi connectivity index (χ1) is 8.73. The predicted octanol–water partition coefficient (Wildman–Crippen LogP) is 0.389. The van der Waals surface area contributed by atoms with Crippen molar-refractivity contribution in [3.05, 3.63) is 30.9 Å². The number of rotatable bonds is 4. The quantitative estimate of drug-likeness (QED) is 0.548. The normalized spacial score (nSPS) is 10.8. The van der Waals surface area contributed by atoms with Crippen LogP contribution < -0.4 is 15.5 Å². The van der Waals surface area contributed by atoms with Gasteiger partial charge in [-0.2, -0.15) is 0 Å². The van der Waals surface area contributed by atoms with E-state index >= 15 is 0 Å². The van der Waals surface area contributed by atoms with Crippen molar-refractivity contribution in [2.75, 3.05) is 5.32 Å². The molecule has 0 aliphatic carbocycles. The molecule has 0 aliphatic rings. The van der Waals surface area contributed by atoms with E-state index in [1.807, 2.05) is 0 Å². The highest BCUT2D eigenvalue weighted by Gasteiger charge is 2.32. The topological polar surface area (TPSA) is 78.8 Å². The van der Waals surface area contributed by atoms with Gasteiger partial charge in [-0.15, -0.1) is 13.2 Å². The van der Waals surface area contributed by atoms with Crippen LogP contribution in [-0.2, 0) is 4.79 Å². The number of halogens is 3. The van der Waals surface area contributed by atoms with Gasteiger partial charge < -0.3 is 20.1 Å². The highest BCUT2D eigenvalue weighted by molar-refractivity contribution is 6.58. The van der Waals surface area contributed by atoms with Crippen LogP contribution in [0.1, 0.15) is 0 Å². The number of carbonyl (C=O) groups is 1. The Kier molecular flexibility index (Phi) is 4.57. The molecule has 0 spiro atoms. The van der Waals surface area contributed by atoms with Gasteiger partial charge in [-0.25, -0.2) is 0 Å². The molecular weight excluding hydrogens is 266 g/mol. The van der Waals surface area contributed by atoms with Gasteiger partial charge in [0.2, 0.25) is 5.91 Å². The summed E-state index contributed by atoms with van der Waals surface area (Å²) in [6.45, 7) is 3.14. The zero-order chi connectivity index (χ0) is 14.6. The maximum absolute atomic E-state index is 12.1. The molecule has 1 rings (SSSR count). The third kappa shape index (κ3) is 4.64. The number of alkyl halides is 3. The van der Waals surface area contributed by atoms with Gasteiger partial charge in [0.05, 0.1) is 5.69 Å². The molecule has 0 fully saturated rings. The Morgan fingerprint density at radius 1 is 1.42 bits per heavy atom. The van der Waals surface area contributed by atoms with Crippen LogP contribution in [-0.4, -0.2) is 29.4 Å². The van der Waals surface area contributed by atoms with Crippen LogP contribution >= 0.6 is 0 Å². The van der Waals surface area contributed by atoms with E-state index in [1.54, 1.807) is 0 Å². The van der Waals surface area contributed by atoms with E-state index < -0.39 is 25.1 Å². The highest BCUT2D eigenvalue weighted by Crippen LogP contribution is 2.29. The lowest BCUT2D eigenvalue weighted by atomic mass is 9.80. The standard InChI is InChI=1S/C10H9BF3NO4/c1-2-9(16)15-7-5-6(11(17)18)3-4-8(7)19-10(12,13)14/h2-5,17-18H,1H2,(H,15,16). The van der Waals surface area contributed by atoms with Crippen LogP contribution in [0, 0.1) is 0 Å². The number of anilines is 1. The van der Waals surface area contributed by atoms with Crippen molar-refractivity contribution in [2.24, 2.45) is 0 Å². The molecule has 3 N–H and O–H groups in total. The first-order valence-corrected chi connectivity index (χ1v) is 4.92. The number of nitrogens with one attached hydrogen (secondary N) is 1. The molecular formula is C10H9BF3NO4. The Labute approximate surface area is 106 Å². The molecule has 0 saturated carbocycles. The van der Waals surface area contributed by atoms with Crippen LogP contribution in [0.2, 0.25) is 0 Å². The maximum atomic E-state index is 12.1. The van der Waals surface area contributed by atoms with E-state index in [0.29, 0.717) is 0 Å². The Balaban J connectivity index is 3.14. The average Bonchev–Trinajstić information content (AvgIpc) is 2.29. The highest BCUT2D eigenvalue weighted by atomic mass is 19.4. The third-order valence-electron chi connectivity index (χ3n) is 1.97. The Hall–Kier alpha value is -2.00. The molecule has 0 heterocycles. The van der Waals surface area contributed by atoms with Gasteiger partial charge in [-0.1, -0.05) is 12.6 Å². The molecule has 1 aromatic carbocycles. The number of hydrogen-bond donors (Lipinski definition) is 3. The van der Waals surface area contributed by atoms with Gasteiger partial charge in [0, 0.05) is 0 Å². The molecule has 1 aromatic rings. The number of benzene rings is 1. The molecule has 0 saturated heterocycles. The van der Waals surface area contributed by atoms with E-state index in [9.17, 15) is 18.0 Å². The molecule has 9 heteroatoms. The van der Waals surface area contributed by atoms with Crippen LogP contribution in [0.15, 0.2) is 30.9 Å². The molecule has 0 bridgehead atoms. The van der Waals surface area contributed by atoms with Gasteiger partial charge in [-0.3, -0.25) is 4.79 Å². The summed E-state index contributed by atoms with van der Waals surface area (Å²) in [5.41, 5.74) is -0.457. The SMILES string of the molecule is C=CC(=O)Nc1cc(B(O)O)ccc1OC(F)(F)F. The minimum atomic E-state index is -4.94. The van der Waals surface area contributed by atoms with Crippen molar-refractivity contribution >= 4 is 24.2 Å². The Bertz CT molecular complexity index is 490. The lowest BCUT2D eigenvalue weighted by Gasteiger charge is -2.14. The van der Waals surface area contributed by atoms with Crippen molar-refractivity contribution in [1.29, 1.82) is 0 Å². The van der Waals surface area contributed by atoms with Crippen LogP contribution in [0.3, 0.4) is 0 Å². The second kappa shape index (κ2) is 5.76. The van der Waals surface area contributed by atoms with E-state index in [0.717, 1.165) is 24.3 Å². The third-order valence-corrected chi connectivity index (χ3v) is 1.97. The van der Waals surface area contributed by atoms with Gasteiger partial charge in [-0.05, 0) is 23.7 Å². The monoisotopic (exact) mass is 275 g/mol. The zero-order valence-electron chi connectivity index (χ0n) is 9.44. The zero-order valence-corrected chi connectivity index (χ0v) is 9.44. The van der Waals surface area contributed by atoms with Crippen LogP contribution in [0.25, 0.3) is 0 Å². The minimum Gasteiger partial charge on any atom is -0.423 e. The van der Waals surface area contributed by atoms with Gasteiger partial charge in [0.25, 0.3) is 0 Å². The van der Waals surface area contributed by atoms with Crippen molar-refractivity contribution < 1.29 is 32.8 Å². The number of hydrogen-bond acceptors (Lipinski definition) is 4. The fourth-order valence-corrected chi connectivity index (χ4v) is 1.20. The van der Waals surface area contributed by atoms with Gasteiger partial charge in [0.1, 0.15) is 0 Å². The number of amides is 1. The molecule has 0 aliphatic heterocycles. The molecule has 0 aromatic heterocycles. The summed E-state index contributed by atoms with van der Waals surface area (Å²) in [5, 5.41) is 19.9. The smallest absolute Gasteiger partial charge is 0.423 e. The van der Waals surface area contributed by atoms with Crippen LogP contribution in [0.5, 0.6) is 5.75 Å². The van der Waals surface area contributed by atoms with Crippen LogP contribution in [0.4, 0.5) is 18.9 Å². The minimum absolute atomic E-state index is 0.103. The number of carbonyl (C=O) groups excluding carboxylic acids is 1. The molecule has 1 amide bonds. The summed E-state index contributed by atoms with van der Waals surface area (Å²) in [5.74, 6) is -1.44. The van der Waals surface area contributed by atoms with Crippen molar-refractivity contribution in [3.63, 3.8) is 0 Å². The van der Waals surface area contributed by atoms with E-state index in [2.05, 4.69) is 16.6 Å². The van der Waals surface area contributed by atoms with Gasteiger partial charge in [0.15, 0.2) is 5.75 Å². The first kappa shape index (κ1) is 15.1. The van der Waals surface area contributed by atoms with E-state index in [-0.39, 0.29) is 11.2 Å².